The van der Waals surface area contributed by atoms with Gasteiger partial charge in [-0.05, 0) is 54.5 Å². The predicted molar refractivity (Wildman–Crippen MR) is 129 cm³/mol. The summed E-state index contributed by atoms with van der Waals surface area (Å²) < 4.78 is 5.36. The lowest BCUT2D eigenvalue weighted by molar-refractivity contribution is -0.675. The van der Waals surface area contributed by atoms with Crippen LogP contribution >= 0.6 is 0 Å². The number of ether oxygens (including phenoxy) is 1. The Morgan fingerprint density at radius 3 is 2.50 bits per heavy atom. The topological polar surface area (TPSA) is 61.9 Å². The van der Waals surface area contributed by atoms with Gasteiger partial charge in [0.15, 0.2) is 6.04 Å². The Morgan fingerprint density at radius 2 is 1.81 bits per heavy atom. The number of rotatable bonds is 7. The van der Waals surface area contributed by atoms with Crippen molar-refractivity contribution in [1.82, 2.24) is 9.88 Å². The Bertz CT molecular complexity index is 1030. The van der Waals surface area contributed by atoms with Crippen LogP contribution < -0.4 is 10.1 Å². The molecule has 0 bridgehead atoms. The maximum atomic E-state index is 13.2. The molecule has 1 aliphatic rings. The number of nitrogens with one attached hydrogen (secondary N) is 1. The summed E-state index contributed by atoms with van der Waals surface area (Å²) in [7, 11) is 1.69. The SMILES string of the molecule is COc1ccc([C@H](C[NH2+][C@H](C)C(=O)N2C[C@H](C)C[C@H](C)C2)c2c[nH]c3ccccc23)cc1. The average Bonchev–Trinajstić information content (AvgIpc) is 3.22. The number of methoxy groups -OCH3 is 1. The highest BCUT2D eigenvalue weighted by Crippen LogP contribution is 2.31. The van der Waals surface area contributed by atoms with Crippen LogP contribution in [0, 0.1) is 11.8 Å². The van der Waals surface area contributed by atoms with Crippen LogP contribution in [0.25, 0.3) is 10.9 Å². The molecule has 0 saturated carbocycles. The normalized spacial score (nSPS) is 20.8. The third-order valence-electron chi connectivity index (χ3n) is 6.81. The van der Waals surface area contributed by atoms with Crippen LogP contribution in [0.2, 0.25) is 0 Å². The second kappa shape index (κ2) is 9.78. The molecule has 2 heterocycles. The Hall–Kier alpha value is -2.79. The van der Waals surface area contributed by atoms with Gasteiger partial charge in [0.05, 0.1) is 19.6 Å². The fourth-order valence-electron chi connectivity index (χ4n) is 5.23. The van der Waals surface area contributed by atoms with Crippen molar-refractivity contribution in [3.8, 4) is 5.75 Å². The fraction of sp³-hybridized carbons (Fsp3) is 0.444. The molecule has 5 nitrogen and oxygen atoms in total. The van der Waals surface area contributed by atoms with Gasteiger partial charge in [0, 0.05) is 30.2 Å². The van der Waals surface area contributed by atoms with Gasteiger partial charge in [-0.25, -0.2) is 0 Å². The van der Waals surface area contributed by atoms with Crippen molar-refractivity contribution in [2.24, 2.45) is 11.8 Å². The highest BCUT2D eigenvalue weighted by atomic mass is 16.5. The first-order chi connectivity index (χ1) is 15.5. The monoisotopic (exact) mass is 434 g/mol. The maximum absolute atomic E-state index is 13.2. The number of nitrogens with two attached hydrogens (primary N) is 1. The smallest absolute Gasteiger partial charge is 0.280 e. The standard InChI is InChI=1S/C27H35N3O2/c1-18-13-19(2)17-30(16-18)27(31)20(3)28-14-24(21-9-11-22(32-4)12-10-21)25-15-29-26-8-6-5-7-23(25)26/h5-12,15,18-20,24,28-29H,13-14,16-17H2,1-4H3/p+1/t18-,19+,20-,24+/m1/s1. The van der Waals surface area contributed by atoms with E-state index in [-0.39, 0.29) is 17.9 Å². The van der Waals surface area contributed by atoms with Crippen molar-refractivity contribution in [1.29, 1.82) is 0 Å². The summed E-state index contributed by atoms with van der Waals surface area (Å²) in [4.78, 5) is 18.7. The molecule has 170 valence electrons. The highest BCUT2D eigenvalue weighted by Gasteiger charge is 2.31. The molecule has 0 aliphatic carbocycles. The number of para-hydroxylation sites is 1. The Morgan fingerprint density at radius 1 is 1.12 bits per heavy atom. The second-order valence-corrected chi connectivity index (χ2v) is 9.56. The molecule has 4 atom stereocenters. The fourth-order valence-corrected chi connectivity index (χ4v) is 5.23. The van der Waals surface area contributed by atoms with E-state index < -0.39 is 0 Å². The first-order valence-corrected chi connectivity index (χ1v) is 11.8. The number of piperidine rings is 1. The molecule has 1 saturated heterocycles. The molecular formula is C27H36N3O2+. The lowest BCUT2D eigenvalue weighted by Gasteiger charge is -2.35. The molecule has 2 aromatic carbocycles. The van der Waals surface area contributed by atoms with E-state index in [1.807, 2.05) is 19.1 Å². The van der Waals surface area contributed by atoms with Crippen LogP contribution in [0.4, 0.5) is 0 Å². The molecule has 0 spiro atoms. The molecule has 1 aliphatic heterocycles. The number of benzene rings is 2. The Kier molecular flexibility index (Phi) is 6.85. The van der Waals surface area contributed by atoms with Crippen molar-refractivity contribution < 1.29 is 14.8 Å². The summed E-state index contributed by atoms with van der Waals surface area (Å²) in [6, 6.07) is 16.6. The van der Waals surface area contributed by atoms with Gasteiger partial charge in [0.25, 0.3) is 5.91 Å². The summed E-state index contributed by atoms with van der Waals surface area (Å²) in [6.07, 6.45) is 3.33. The van der Waals surface area contributed by atoms with Gasteiger partial charge in [-0.1, -0.05) is 44.2 Å². The number of hydrogen-bond donors (Lipinski definition) is 2. The predicted octanol–water partition coefficient (Wildman–Crippen LogP) is 3.76. The zero-order chi connectivity index (χ0) is 22.7. The number of aromatic amines is 1. The summed E-state index contributed by atoms with van der Waals surface area (Å²) >= 11 is 0. The molecule has 0 unspecified atom stereocenters. The number of fused-ring (bicyclic) bond motifs is 1. The molecule has 32 heavy (non-hydrogen) atoms. The van der Waals surface area contributed by atoms with E-state index in [0.29, 0.717) is 11.8 Å². The zero-order valence-corrected chi connectivity index (χ0v) is 19.7. The number of carbonyl (C=O) groups excluding carboxylic acids is 1. The van der Waals surface area contributed by atoms with Gasteiger partial charge < -0.3 is 19.9 Å². The number of H-pyrrole nitrogens is 1. The number of likely N-dealkylation sites (tertiary alicyclic amines) is 1. The average molecular weight is 435 g/mol. The molecule has 3 N–H and O–H groups in total. The lowest BCUT2D eigenvalue weighted by atomic mass is 9.90. The van der Waals surface area contributed by atoms with Gasteiger partial charge >= 0.3 is 0 Å². The van der Waals surface area contributed by atoms with Gasteiger partial charge in [0.2, 0.25) is 0 Å². The second-order valence-electron chi connectivity index (χ2n) is 9.56. The minimum atomic E-state index is -0.0987. The highest BCUT2D eigenvalue weighted by molar-refractivity contribution is 5.84. The van der Waals surface area contributed by atoms with E-state index in [4.69, 9.17) is 4.74 Å². The Labute approximate surface area is 191 Å². The molecule has 1 amide bonds. The minimum absolute atomic E-state index is 0.0987. The number of aromatic nitrogens is 1. The van der Waals surface area contributed by atoms with Crippen LogP contribution in [0.15, 0.2) is 54.7 Å². The number of nitrogens with zero attached hydrogens (tertiary/aromatic N) is 1. The molecule has 1 fully saturated rings. The van der Waals surface area contributed by atoms with Gasteiger partial charge in [0.1, 0.15) is 5.75 Å². The lowest BCUT2D eigenvalue weighted by Crippen LogP contribution is -2.92. The van der Waals surface area contributed by atoms with E-state index in [9.17, 15) is 4.79 Å². The first kappa shape index (κ1) is 22.4. The summed E-state index contributed by atoms with van der Waals surface area (Å²) in [6.45, 7) is 9.12. The summed E-state index contributed by atoms with van der Waals surface area (Å²) in [5.41, 5.74) is 3.63. The minimum Gasteiger partial charge on any atom is -0.497 e. The van der Waals surface area contributed by atoms with Crippen molar-refractivity contribution in [2.45, 2.75) is 39.2 Å². The largest absolute Gasteiger partial charge is 0.497 e. The van der Waals surface area contributed by atoms with Crippen LogP contribution in [-0.2, 0) is 4.79 Å². The van der Waals surface area contributed by atoms with Gasteiger partial charge in [-0.3, -0.25) is 4.79 Å². The molecule has 1 aromatic heterocycles. The third kappa shape index (κ3) is 4.83. The summed E-state index contributed by atoms with van der Waals surface area (Å²) in [5.74, 6) is 2.44. The van der Waals surface area contributed by atoms with Gasteiger partial charge in [-0.2, -0.15) is 0 Å². The van der Waals surface area contributed by atoms with E-state index in [1.165, 1.54) is 22.9 Å². The van der Waals surface area contributed by atoms with E-state index in [0.717, 1.165) is 30.9 Å². The van der Waals surface area contributed by atoms with Crippen molar-refractivity contribution >= 4 is 16.8 Å². The first-order valence-electron chi connectivity index (χ1n) is 11.8. The number of carbonyl (C=O) groups is 1. The van der Waals surface area contributed by atoms with E-state index >= 15 is 0 Å². The summed E-state index contributed by atoms with van der Waals surface area (Å²) in [5, 5.41) is 3.45. The third-order valence-corrected chi connectivity index (χ3v) is 6.81. The number of hydrogen-bond acceptors (Lipinski definition) is 2. The molecule has 4 rings (SSSR count). The molecule has 0 radical (unpaired) electrons. The van der Waals surface area contributed by atoms with Crippen molar-refractivity contribution in [2.75, 3.05) is 26.7 Å². The number of quaternary nitrogens is 1. The molecule has 3 aromatic rings. The van der Waals surface area contributed by atoms with Crippen LogP contribution in [0.1, 0.15) is 44.2 Å². The Balaban J connectivity index is 1.54. The molecular weight excluding hydrogens is 398 g/mol. The quantitative estimate of drug-likeness (QED) is 0.595. The van der Waals surface area contributed by atoms with Crippen molar-refractivity contribution in [3.05, 3.63) is 65.9 Å². The zero-order valence-electron chi connectivity index (χ0n) is 19.7. The van der Waals surface area contributed by atoms with Crippen LogP contribution in [-0.4, -0.2) is 48.6 Å². The van der Waals surface area contributed by atoms with Crippen LogP contribution in [0.3, 0.4) is 0 Å². The van der Waals surface area contributed by atoms with Crippen molar-refractivity contribution in [3.63, 3.8) is 0 Å². The number of amides is 1. The molecule has 5 heteroatoms. The van der Waals surface area contributed by atoms with Gasteiger partial charge in [-0.15, -0.1) is 0 Å². The van der Waals surface area contributed by atoms with Crippen LogP contribution in [0.5, 0.6) is 5.75 Å². The van der Waals surface area contributed by atoms with E-state index in [2.05, 4.69) is 71.6 Å². The maximum Gasteiger partial charge on any atom is 0.280 e. The van der Waals surface area contributed by atoms with E-state index in [1.54, 1.807) is 7.11 Å².